The molecule has 3 rings (SSSR count). The van der Waals surface area contributed by atoms with E-state index in [-0.39, 0.29) is 0 Å². The fraction of sp³-hybridized carbons (Fsp3) is 0.375. The zero-order valence-electron chi connectivity index (χ0n) is 18.8. The van der Waals surface area contributed by atoms with Crippen molar-refractivity contribution in [3.8, 4) is 11.5 Å². The third-order valence-electron chi connectivity index (χ3n) is 5.42. The summed E-state index contributed by atoms with van der Waals surface area (Å²) in [6, 6.07) is 12.1. The van der Waals surface area contributed by atoms with Crippen molar-refractivity contribution in [2.24, 2.45) is 5.10 Å². The summed E-state index contributed by atoms with van der Waals surface area (Å²) in [5.41, 5.74) is 4.47. The van der Waals surface area contributed by atoms with Crippen LogP contribution in [0.2, 0.25) is 0 Å². The number of rotatable bonds is 9. The number of nitrogens with zero attached hydrogens (tertiary/aromatic N) is 3. The van der Waals surface area contributed by atoms with Crippen LogP contribution in [0.5, 0.6) is 11.5 Å². The smallest absolute Gasteiger partial charge is 0.216 e. The number of benzene rings is 2. The fourth-order valence-corrected chi connectivity index (χ4v) is 3.64. The third-order valence-corrected chi connectivity index (χ3v) is 5.69. The maximum Gasteiger partial charge on any atom is 0.216 e. The lowest BCUT2D eigenvalue weighted by Crippen LogP contribution is -2.05. The zero-order valence-corrected chi connectivity index (χ0v) is 19.6. The van der Waals surface area contributed by atoms with Crippen molar-refractivity contribution in [1.29, 1.82) is 0 Å². The molecule has 1 N–H and O–H groups in total. The van der Waals surface area contributed by atoms with Crippen molar-refractivity contribution >= 4 is 18.4 Å². The van der Waals surface area contributed by atoms with Gasteiger partial charge in [-0.2, -0.15) is 14.9 Å². The van der Waals surface area contributed by atoms with E-state index in [1.165, 1.54) is 11.1 Å². The molecule has 0 radical (unpaired) electrons. The summed E-state index contributed by atoms with van der Waals surface area (Å²) in [5.74, 6) is 2.51. The lowest BCUT2D eigenvalue weighted by atomic mass is 10.0. The molecule has 2 aromatic carbocycles. The number of aromatic amines is 1. The minimum atomic E-state index is 0.306. The molecule has 0 spiro atoms. The standard InChI is InChI=1S/C24H30N4O2S/c1-6-19(7-2)23-26-27-24(31)28(23)25-14-18-10-11-21(22(13-18)29-5)30-15-20-12-16(3)8-9-17(20)4/h8-14,19H,6-7,15H2,1-5H3,(H,27,31)/b25-14-. The number of H-pyrrole nitrogens is 1. The van der Waals surface area contributed by atoms with Gasteiger partial charge in [0, 0.05) is 5.92 Å². The van der Waals surface area contributed by atoms with E-state index in [9.17, 15) is 0 Å². The van der Waals surface area contributed by atoms with Crippen LogP contribution in [0.4, 0.5) is 0 Å². The number of hydrogen-bond donors (Lipinski definition) is 1. The van der Waals surface area contributed by atoms with Gasteiger partial charge in [-0.25, -0.2) is 0 Å². The summed E-state index contributed by atoms with van der Waals surface area (Å²) in [6.45, 7) is 8.94. The second kappa shape index (κ2) is 10.4. The number of hydrogen-bond acceptors (Lipinski definition) is 5. The highest BCUT2D eigenvalue weighted by Crippen LogP contribution is 2.29. The average Bonchev–Trinajstić information content (AvgIpc) is 3.14. The van der Waals surface area contributed by atoms with E-state index in [0.717, 1.165) is 29.8 Å². The molecule has 0 fully saturated rings. The Morgan fingerprint density at radius 1 is 1.13 bits per heavy atom. The predicted molar refractivity (Wildman–Crippen MR) is 127 cm³/mol. The SMILES string of the molecule is CCC(CC)c1n[nH]c(=S)n1/N=C\c1ccc(OCc2cc(C)ccc2C)c(OC)c1. The number of nitrogens with one attached hydrogen (secondary N) is 1. The van der Waals surface area contributed by atoms with E-state index in [2.05, 4.69) is 61.2 Å². The average molecular weight is 439 g/mol. The van der Waals surface area contributed by atoms with Crippen LogP contribution in [0.3, 0.4) is 0 Å². The molecule has 1 heterocycles. The largest absolute Gasteiger partial charge is 0.493 e. The summed E-state index contributed by atoms with van der Waals surface area (Å²) in [7, 11) is 1.64. The summed E-state index contributed by atoms with van der Waals surface area (Å²) in [4.78, 5) is 0. The van der Waals surface area contributed by atoms with E-state index in [0.29, 0.717) is 28.8 Å². The fourth-order valence-electron chi connectivity index (χ4n) is 3.45. The molecule has 0 aliphatic rings. The Bertz CT molecular complexity index is 1110. The first kappa shape index (κ1) is 22.7. The minimum absolute atomic E-state index is 0.306. The molecule has 3 aromatic rings. The van der Waals surface area contributed by atoms with Crippen LogP contribution in [-0.2, 0) is 6.61 Å². The van der Waals surface area contributed by atoms with Gasteiger partial charge in [0.2, 0.25) is 4.77 Å². The maximum atomic E-state index is 6.05. The Labute approximate surface area is 188 Å². The zero-order chi connectivity index (χ0) is 22.4. The molecular weight excluding hydrogens is 408 g/mol. The Balaban J connectivity index is 1.80. The Kier molecular flexibility index (Phi) is 7.63. The highest BCUT2D eigenvalue weighted by atomic mass is 32.1. The van der Waals surface area contributed by atoms with Crippen LogP contribution in [0.25, 0.3) is 0 Å². The first-order valence-corrected chi connectivity index (χ1v) is 11.0. The molecule has 1 aromatic heterocycles. The highest BCUT2D eigenvalue weighted by Gasteiger charge is 2.15. The summed E-state index contributed by atoms with van der Waals surface area (Å²) in [6.07, 6.45) is 3.71. The minimum Gasteiger partial charge on any atom is -0.493 e. The number of aryl methyl sites for hydroxylation is 2. The first-order chi connectivity index (χ1) is 15.0. The van der Waals surface area contributed by atoms with Gasteiger partial charge in [0.05, 0.1) is 13.3 Å². The lowest BCUT2D eigenvalue weighted by molar-refractivity contribution is 0.284. The molecule has 0 amide bonds. The Morgan fingerprint density at radius 3 is 2.61 bits per heavy atom. The van der Waals surface area contributed by atoms with Crippen LogP contribution in [0.15, 0.2) is 41.5 Å². The van der Waals surface area contributed by atoms with Gasteiger partial charge in [-0.15, -0.1) is 0 Å². The molecule has 0 aliphatic heterocycles. The van der Waals surface area contributed by atoms with Crippen molar-refractivity contribution in [2.75, 3.05) is 7.11 Å². The molecule has 6 nitrogen and oxygen atoms in total. The molecule has 0 unspecified atom stereocenters. The summed E-state index contributed by atoms with van der Waals surface area (Å²) < 4.78 is 13.8. The van der Waals surface area contributed by atoms with Crippen LogP contribution >= 0.6 is 12.2 Å². The molecule has 7 heteroatoms. The second-order valence-corrected chi connectivity index (χ2v) is 7.97. The van der Waals surface area contributed by atoms with Gasteiger partial charge >= 0.3 is 0 Å². The van der Waals surface area contributed by atoms with Gasteiger partial charge in [0.1, 0.15) is 6.61 Å². The first-order valence-electron chi connectivity index (χ1n) is 10.5. The van der Waals surface area contributed by atoms with Crippen molar-refractivity contribution < 1.29 is 9.47 Å². The molecule has 31 heavy (non-hydrogen) atoms. The molecule has 0 saturated heterocycles. The second-order valence-electron chi connectivity index (χ2n) is 7.59. The molecule has 0 saturated carbocycles. The van der Waals surface area contributed by atoms with Crippen LogP contribution < -0.4 is 9.47 Å². The van der Waals surface area contributed by atoms with Gasteiger partial charge in [-0.05, 0) is 73.8 Å². The summed E-state index contributed by atoms with van der Waals surface area (Å²) >= 11 is 5.36. The van der Waals surface area contributed by atoms with E-state index in [4.69, 9.17) is 21.7 Å². The van der Waals surface area contributed by atoms with Crippen LogP contribution in [-0.4, -0.2) is 28.2 Å². The van der Waals surface area contributed by atoms with Crippen molar-refractivity contribution in [1.82, 2.24) is 14.9 Å². The summed E-state index contributed by atoms with van der Waals surface area (Å²) in [5, 5.41) is 11.8. The topological polar surface area (TPSA) is 64.4 Å². The lowest BCUT2D eigenvalue weighted by Gasteiger charge is -2.13. The van der Waals surface area contributed by atoms with E-state index in [1.54, 1.807) is 18.0 Å². The van der Waals surface area contributed by atoms with Crippen molar-refractivity contribution in [3.63, 3.8) is 0 Å². The third kappa shape index (κ3) is 5.41. The number of methoxy groups -OCH3 is 1. The van der Waals surface area contributed by atoms with Crippen LogP contribution in [0, 0.1) is 18.6 Å². The Morgan fingerprint density at radius 2 is 1.90 bits per heavy atom. The molecule has 0 aliphatic carbocycles. The maximum absolute atomic E-state index is 6.05. The normalized spacial score (nSPS) is 11.4. The van der Waals surface area contributed by atoms with Gasteiger partial charge in [0.15, 0.2) is 17.3 Å². The predicted octanol–water partition coefficient (Wildman–Crippen LogP) is 5.93. The van der Waals surface area contributed by atoms with Gasteiger partial charge in [-0.3, -0.25) is 5.10 Å². The van der Waals surface area contributed by atoms with E-state index < -0.39 is 0 Å². The molecular formula is C24H30N4O2S. The highest BCUT2D eigenvalue weighted by molar-refractivity contribution is 7.71. The van der Waals surface area contributed by atoms with E-state index in [1.807, 2.05) is 18.2 Å². The van der Waals surface area contributed by atoms with Gasteiger partial charge in [-0.1, -0.05) is 37.6 Å². The van der Waals surface area contributed by atoms with Crippen molar-refractivity contribution in [3.05, 3.63) is 69.2 Å². The number of aromatic nitrogens is 3. The van der Waals surface area contributed by atoms with Crippen molar-refractivity contribution in [2.45, 2.75) is 53.1 Å². The molecule has 0 atom stereocenters. The van der Waals surface area contributed by atoms with Crippen LogP contribution in [0.1, 0.15) is 60.7 Å². The Hall–Kier alpha value is -2.93. The van der Waals surface area contributed by atoms with Gasteiger partial charge < -0.3 is 9.47 Å². The monoisotopic (exact) mass is 438 g/mol. The molecule has 0 bridgehead atoms. The molecule has 164 valence electrons. The van der Waals surface area contributed by atoms with E-state index >= 15 is 0 Å². The van der Waals surface area contributed by atoms with Gasteiger partial charge in [0.25, 0.3) is 0 Å². The number of ether oxygens (including phenoxy) is 2. The quantitative estimate of drug-likeness (QED) is 0.332.